The van der Waals surface area contributed by atoms with Crippen LogP contribution < -0.4 is 17.0 Å². The number of nitrogens with two attached hydrogens (primary N) is 1. The third-order valence-electron chi connectivity index (χ3n) is 5.22. The molecule has 0 saturated carbocycles. The first-order chi connectivity index (χ1) is 21.5. The zero-order valence-corrected chi connectivity index (χ0v) is 31.8. The minimum atomic E-state index is -5.74. The van der Waals surface area contributed by atoms with Crippen molar-refractivity contribution in [3.05, 3.63) is 32.6 Å². The third kappa shape index (κ3) is 17.1. The number of nitrogens with zero attached hydrogens (tertiary/aromatic N) is 1. The summed E-state index contributed by atoms with van der Waals surface area (Å²) in [6.07, 6.45) is -1.97. The molecule has 3 unspecified atom stereocenters. The SMILES string of the molecule is CC(C)(C)SSCOC1C[C@H](n2cc(C#CCOCSSC(C)(C)CN)c(=O)[nH]c2=O)O[C@@H]1COP(=O)(O)OP(=O)(O)OP(=O)(O)O. The molecule has 47 heavy (non-hydrogen) atoms. The molecule has 25 heteroatoms. The second-order valence-electron chi connectivity index (χ2n) is 11.0. The maximum absolute atomic E-state index is 12.7. The van der Waals surface area contributed by atoms with Crippen LogP contribution in [0.5, 0.6) is 0 Å². The van der Waals surface area contributed by atoms with E-state index in [2.05, 4.69) is 25.4 Å². The van der Waals surface area contributed by atoms with Crippen LogP contribution >= 0.6 is 66.6 Å². The van der Waals surface area contributed by atoms with E-state index in [1.54, 1.807) is 10.8 Å². The summed E-state index contributed by atoms with van der Waals surface area (Å²) in [4.78, 5) is 64.0. The molecule has 1 aromatic rings. The molecule has 0 aromatic carbocycles. The van der Waals surface area contributed by atoms with Gasteiger partial charge in [-0.15, -0.1) is 0 Å². The Kier molecular flexibility index (Phi) is 16.9. The summed E-state index contributed by atoms with van der Waals surface area (Å²) < 4.78 is 65.1. The van der Waals surface area contributed by atoms with Crippen LogP contribution in [0.4, 0.5) is 0 Å². The van der Waals surface area contributed by atoms with Gasteiger partial charge in [0.05, 0.1) is 12.7 Å². The monoisotopic (exact) mass is 805 g/mol. The number of rotatable bonds is 18. The summed E-state index contributed by atoms with van der Waals surface area (Å²) in [6, 6.07) is 0. The predicted molar refractivity (Wildman–Crippen MR) is 180 cm³/mol. The quantitative estimate of drug-likeness (QED) is 0.0409. The molecular formula is C22H38N3O15P3S4. The van der Waals surface area contributed by atoms with E-state index in [-0.39, 0.29) is 34.0 Å². The highest BCUT2D eigenvalue weighted by Gasteiger charge is 2.43. The summed E-state index contributed by atoms with van der Waals surface area (Å²) in [5.74, 6) is 5.79. The topological polar surface area (TPSA) is 268 Å². The number of hydrogen-bond donors (Lipinski definition) is 6. The van der Waals surface area contributed by atoms with E-state index in [4.69, 9.17) is 34.3 Å². The normalized spacial score (nSPS) is 21.5. The molecule has 1 aromatic heterocycles. The Bertz CT molecular complexity index is 1520. The number of ether oxygens (including phenoxy) is 3. The lowest BCUT2D eigenvalue weighted by atomic mass is 10.2. The second kappa shape index (κ2) is 18.4. The van der Waals surface area contributed by atoms with Crippen LogP contribution in [0.3, 0.4) is 0 Å². The van der Waals surface area contributed by atoms with Crippen LogP contribution in [0.2, 0.25) is 0 Å². The largest absolute Gasteiger partial charge is 0.490 e. The molecule has 5 atom stereocenters. The number of aromatic nitrogens is 2. The number of nitrogens with one attached hydrogen (secondary N) is 1. The van der Waals surface area contributed by atoms with E-state index >= 15 is 0 Å². The Morgan fingerprint density at radius 3 is 2.32 bits per heavy atom. The van der Waals surface area contributed by atoms with Crippen molar-refractivity contribution in [3.63, 3.8) is 0 Å². The molecule has 2 heterocycles. The van der Waals surface area contributed by atoms with Crippen molar-refractivity contribution in [2.75, 3.05) is 31.6 Å². The molecule has 0 amide bonds. The van der Waals surface area contributed by atoms with E-state index < -0.39 is 59.8 Å². The average Bonchev–Trinajstić information content (AvgIpc) is 3.30. The van der Waals surface area contributed by atoms with Crippen molar-refractivity contribution >= 4 is 66.6 Å². The van der Waals surface area contributed by atoms with Gasteiger partial charge in [0.1, 0.15) is 36.4 Å². The van der Waals surface area contributed by atoms with E-state index in [1.165, 1.54) is 38.6 Å². The van der Waals surface area contributed by atoms with Gasteiger partial charge in [-0.2, -0.15) is 8.62 Å². The van der Waals surface area contributed by atoms with Crippen LogP contribution in [0.15, 0.2) is 15.8 Å². The number of H-pyrrole nitrogens is 1. The summed E-state index contributed by atoms with van der Waals surface area (Å²) in [6.45, 7) is 9.65. The summed E-state index contributed by atoms with van der Waals surface area (Å²) in [5.41, 5.74) is 4.02. The molecule has 1 fully saturated rings. The first kappa shape index (κ1) is 43.1. The molecule has 2 rings (SSSR count). The zero-order valence-electron chi connectivity index (χ0n) is 25.8. The number of aromatic amines is 1. The molecule has 7 N–H and O–H groups in total. The Morgan fingerprint density at radius 2 is 1.70 bits per heavy atom. The number of phosphoric ester groups is 1. The number of phosphoric acid groups is 3. The smallest absolute Gasteiger partial charge is 0.364 e. The standard InChI is InChI=1S/C22H38N3O15P3S4/c1-21(2,3)46-45-14-36-16-9-18(38-17(16)11-37-42(31,32)40-43(33,34)39-41(28,29)30)25-10-15(19(26)24-20(25)27)7-6-8-35-13-44-47-22(4,5)12-23/h10,16-18H,8-9,11-14,23H2,1-5H3,(H,31,32)(H,33,34)(H,24,26,27)(H2,28,29,30)/t16?,17-,18-/m1/s1. The molecule has 1 aliphatic rings. The van der Waals surface area contributed by atoms with Crippen molar-refractivity contribution in [2.45, 2.75) is 69.0 Å². The van der Waals surface area contributed by atoms with E-state index in [0.29, 0.717) is 12.5 Å². The van der Waals surface area contributed by atoms with Gasteiger partial charge in [-0.1, -0.05) is 75.8 Å². The van der Waals surface area contributed by atoms with Gasteiger partial charge in [0.25, 0.3) is 5.56 Å². The molecule has 270 valence electrons. The van der Waals surface area contributed by atoms with Crippen LogP contribution in [0.1, 0.15) is 52.8 Å². The highest BCUT2D eigenvalue weighted by molar-refractivity contribution is 8.77. The van der Waals surface area contributed by atoms with Crippen LogP contribution in [-0.4, -0.2) is 82.5 Å². The van der Waals surface area contributed by atoms with E-state index in [1.807, 2.05) is 34.6 Å². The first-order valence-corrected chi connectivity index (χ1v) is 22.5. The molecule has 18 nitrogen and oxygen atoms in total. The Labute approximate surface area is 286 Å². The lowest BCUT2D eigenvalue weighted by molar-refractivity contribution is -0.0543. The third-order valence-corrected chi connectivity index (χ3v) is 15.0. The van der Waals surface area contributed by atoms with Crippen molar-refractivity contribution in [3.8, 4) is 11.8 Å². The molecule has 1 aliphatic heterocycles. The summed E-state index contributed by atoms with van der Waals surface area (Å²) in [5, 5.41) is 0. The number of hydrogen-bond acceptors (Lipinski definition) is 16. The van der Waals surface area contributed by atoms with E-state index in [9.17, 15) is 33.1 Å². The van der Waals surface area contributed by atoms with Gasteiger partial charge in [-0.05, 0) is 13.8 Å². The molecule has 0 aliphatic carbocycles. The molecule has 0 bridgehead atoms. The average molecular weight is 806 g/mol. The molecule has 0 spiro atoms. The molecular weight excluding hydrogens is 767 g/mol. The Morgan fingerprint density at radius 1 is 1.04 bits per heavy atom. The van der Waals surface area contributed by atoms with Crippen molar-refractivity contribution < 1.29 is 60.6 Å². The zero-order chi connectivity index (χ0) is 35.7. The highest BCUT2D eigenvalue weighted by Crippen LogP contribution is 2.66. The fraction of sp³-hybridized carbons (Fsp3) is 0.727. The Balaban J connectivity index is 2.16. The summed E-state index contributed by atoms with van der Waals surface area (Å²) in [7, 11) is -10.9. The second-order valence-corrected chi connectivity index (χ2v) is 21.5. The molecule has 0 radical (unpaired) electrons. The van der Waals surface area contributed by atoms with Gasteiger partial charge in [-0.25, -0.2) is 18.5 Å². The van der Waals surface area contributed by atoms with Gasteiger partial charge in [0.15, 0.2) is 0 Å². The van der Waals surface area contributed by atoms with Gasteiger partial charge >= 0.3 is 29.2 Å². The van der Waals surface area contributed by atoms with Gasteiger partial charge in [0.2, 0.25) is 0 Å². The maximum Gasteiger partial charge on any atom is 0.490 e. The van der Waals surface area contributed by atoms with Gasteiger partial charge in [0, 0.05) is 28.7 Å². The van der Waals surface area contributed by atoms with E-state index in [0.717, 1.165) is 4.57 Å². The minimum absolute atomic E-state index is 0.00205. The predicted octanol–water partition coefficient (Wildman–Crippen LogP) is 3.13. The fourth-order valence-electron chi connectivity index (χ4n) is 3.25. The lowest BCUT2D eigenvalue weighted by Crippen LogP contribution is -2.33. The van der Waals surface area contributed by atoms with Crippen molar-refractivity contribution in [2.24, 2.45) is 5.73 Å². The van der Waals surface area contributed by atoms with Gasteiger partial charge in [-0.3, -0.25) is 18.9 Å². The molecule has 1 saturated heterocycles. The first-order valence-electron chi connectivity index (χ1n) is 13.3. The van der Waals surface area contributed by atoms with Crippen LogP contribution in [0.25, 0.3) is 0 Å². The summed E-state index contributed by atoms with van der Waals surface area (Å²) >= 11 is 0. The van der Waals surface area contributed by atoms with Crippen molar-refractivity contribution in [1.29, 1.82) is 0 Å². The fourth-order valence-corrected chi connectivity index (χ4v) is 10.4. The van der Waals surface area contributed by atoms with Gasteiger partial charge < -0.3 is 39.5 Å². The minimum Gasteiger partial charge on any atom is -0.364 e. The highest BCUT2D eigenvalue weighted by atomic mass is 33.1. The van der Waals surface area contributed by atoms with Crippen molar-refractivity contribution in [1.82, 2.24) is 9.55 Å². The van der Waals surface area contributed by atoms with Crippen LogP contribution in [0, 0.1) is 11.8 Å². The van der Waals surface area contributed by atoms with Crippen LogP contribution in [-0.2, 0) is 41.1 Å². The lowest BCUT2D eigenvalue weighted by Gasteiger charge is -2.22. The Hall–Kier alpha value is -0.110. The maximum atomic E-state index is 12.7.